The van der Waals surface area contributed by atoms with E-state index in [-0.39, 0.29) is 0 Å². The first-order valence-corrected chi connectivity index (χ1v) is 4.71. The number of benzene rings is 1. The summed E-state index contributed by atoms with van der Waals surface area (Å²) in [6, 6.07) is 8.74. The van der Waals surface area contributed by atoms with Gasteiger partial charge in [0.15, 0.2) is 0 Å². The molecule has 1 aromatic carbocycles. The molecule has 1 fully saturated rings. The number of halogens is 1. The van der Waals surface area contributed by atoms with Crippen LogP contribution in [0.3, 0.4) is 0 Å². The summed E-state index contributed by atoms with van der Waals surface area (Å²) in [4.78, 5) is 0. The van der Waals surface area contributed by atoms with Gasteiger partial charge in [0.25, 0.3) is 0 Å². The van der Waals surface area contributed by atoms with Crippen molar-refractivity contribution in [3.63, 3.8) is 0 Å². The van der Waals surface area contributed by atoms with E-state index in [1.165, 1.54) is 18.4 Å². The van der Waals surface area contributed by atoms with E-state index in [4.69, 9.17) is 11.6 Å². The highest BCUT2D eigenvalue weighted by molar-refractivity contribution is 6.31. The summed E-state index contributed by atoms with van der Waals surface area (Å²) in [6.45, 7) is 0.907. The van der Waals surface area contributed by atoms with Gasteiger partial charge >= 0.3 is 0 Å². The normalized spacial score (nSPS) is 16.4. The second-order valence-electron chi connectivity index (χ2n) is 3.25. The first-order chi connectivity index (χ1) is 5.86. The monoisotopic (exact) mass is 181 g/mol. The quantitative estimate of drug-likeness (QED) is 0.756. The molecule has 0 aromatic heterocycles. The smallest absolute Gasteiger partial charge is 0.0450 e. The van der Waals surface area contributed by atoms with Crippen molar-refractivity contribution in [2.45, 2.75) is 25.4 Å². The van der Waals surface area contributed by atoms with Gasteiger partial charge in [-0.2, -0.15) is 0 Å². The highest BCUT2D eigenvalue weighted by Gasteiger charge is 2.20. The first-order valence-electron chi connectivity index (χ1n) is 4.33. The predicted octanol–water partition coefficient (Wildman–Crippen LogP) is 2.59. The Kier molecular flexibility index (Phi) is 2.33. The lowest BCUT2D eigenvalue weighted by Gasteiger charge is -2.04. The molecule has 0 unspecified atom stereocenters. The van der Waals surface area contributed by atoms with Crippen LogP contribution in [0.5, 0.6) is 0 Å². The van der Waals surface area contributed by atoms with E-state index in [1.807, 2.05) is 18.2 Å². The Hall–Kier alpha value is -0.530. The van der Waals surface area contributed by atoms with Crippen molar-refractivity contribution in [1.29, 1.82) is 0 Å². The average molecular weight is 182 g/mol. The molecule has 0 atom stereocenters. The lowest BCUT2D eigenvalue weighted by Crippen LogP contribution is -2.15. The van der Waals surface area contributed by atoms with Gasteiger partial charge in [0.05, 0.1) is 0 Å². The van der Waals surface area contributed by atoms with Crippen LogP contribution in [-0.4, -0.2) is 6.04 Å². The van der Waals surface area contributed by atoms with Crippen molar-refractivity contribution in [3.05, 3.63) is 34.9 Å². The van der Waals surface area contributed by atoms with Crippen molar-refractivity contribution in [2.24, 2.45) is 0 Å². The third-order valence-corrected chi connectivity index (χ3v) is 2.49. The summed E-state index contributed by atoms with van der Waals surface area (Å²) in [5.74, 6) is 0. The Morgan fingerprint density at radius 2 is 2.08 bits per heavy atom. The Labute approximate surface area is 77.7 Å². The topological polar surface area (TPSA) is 12.0 Å². The molecule has 1 nitrogen and oxygen atoms in total. The van der Waals surface area contributed by atoms with E-state index < -0.39 is 0 Å². The Balaban J connectivity index is 1.96. The highest BCUT2D eigenvalue weighted by Crippen LogP contribution is 2.21. The van der Waals surface area contributed by atoms with Gasteiger partial charge in [-0.25, -0.2) is 0 Å². The molecule has 0 saturated heterocycles. The molecule has 64 valence electrons. The summed E-state index contributed by atoms with van der Waals surface area (Å²) in [7, 11) is 0. The van der Waals surface area contributed by atoms with E-state index in [0.29, 0.717) is 0 Å². The lowest BCUT2D eigenvalue weighted by molar-refractivity contribution is 0.688. The second kappa shape index (κ2) is 3.46. The molecule has 0 bridgehead atoms. The van der Waals surface area contributed by atoms with E-state index in [0.717, 1.165) is 17.6 Å². The third-order valence-electron chi connectivity index (χ3n) is 2.12. The SMILES string of the molecule is Clc1ccccc1CNC1CC1. The van der Waals surface area contributed by atoms with E-state index in [9.17, 15) is 0 Å². The molecule has 1 saturated carbocycles. The second-order valence-corrected chi connectivity index (χ2v) is 3.65. The van der Waals surface area contributed by atoms with Gasteiger partial charge in [-0.1, -0.05) is 29.8 Å². The van der Waals surface area contributed by atoms with Gasteiger partial charge in [-0.15, -0.1) is 0 Å². The number of hydrogen-bond donors (Lipinski definition) is 1. The zero-order valence-corrected chi connectivity index (χ0v) is 7.64. The van der Waals surface area contributed by atoms with Crippen molar-refractivity contribution in [1.82, 2.24) is 5.32 Å². The van der Waals surface area contributed by atoms with Crippen molar-refractivity contribution in [2.75, 3.05) is 0 Å². The maximum absolute atomic E-state index is 5.99. The molecule has 0 radical (unpaired) electrons. The van der Waals surface area contributed by atoms with Gasteiger partial charge in [0.2, 0.25) is 0 Å². The maximum atomic E-state index is 5.99. The summed E-state index contributed by atoms with van der Waals surface area (Å²) in [5.41, 5.74) is 1.20. The summed E-state index contributed by atoms with van der Waals surface area (Å²) >= 11 is 5.99. The summed E-state index contributed by atoms with van der Waals surface area (Å²) in [5, 5.41) is 4.30. The van der Waals surface area contributed by atoms with E-state index >= 15 is 0 Å². The van der Waals surface area contributed by atoms with Crippen LogP contribution in [0.1, 0.15) is 18.4 Å². The maximum Gasteiger partial charge on any atom is 0.0450 e. The van der Waals surface area contributed by atoms with Crippen LogP contribution in [0.15, 0.2) is 24.3 Å². The molecule has 0 aliphatic heterocycles. The van der Waals surface area contributed by atoms with Crippen LogP contribution in [0.4, 0.5) is 0 Å². The fourth-order valence-electron chi connectivity index (χ4n) is 1.18. The molecule has 1 aliphatic carbocycles. The molecule has 0 amide bonds. The molecule has 0 heterocycles. The van der Waals surface area contributed by atoms with Crippen molar-refractivity contribution in [3.8, 4) is 0 Å². The molecule has 2 heteroatoms. The van der Waals surface area contributed by atoms with Crippen LogP contribution in [0, 0.1) is 0 Å². The van der Waals surface area contributed by atoms with Gasteiger partial charge in [0, 0.05) is 17.6 Å². The van der Waals surface area contributed by atoms with Crippen LogP contribution in [0.2, 0.25) is 5.02 Å². The minimum absolute atomic E-state index is 0.751. The fraction of sp³-hybridized carbons (Fsp3) is 0.400. The highest BCUT2D eigenvalue weighted by atomic mass is 35.5. The van der Waals surface area contributed by atoms with Crippen molar-refractivity contribution >= 4 is 11.6 Å². The van der Waals surface area contributed by atoms with Gasteiger partial charge in [-0.3, -0.25) is 0 Å². The van der Waals surface area contributed by atoms with Crippen LogP contribution in [0.25, 0.3) is 0 Å². The first kappa shape index (κ1) is 8.09. The minimum Gasteiger partial charge on any atom is -0.310 e. The standard InChI is InChI=1S/C10H12ClN/c11-10-4-2-1-3-8(10)7-12-9-5-6-9/h1-4,9,12H,5-7H2. The van der Waals surface area contributed by atoms with Crippen LogP contribution in [-0.2, 0) is 6.54 Å². The average Bonchev–Trinajstić information content (AvgIpc) is 2.86. The molecular formula is C10H12ClN. The Morgan fingerprint density at radius 3 is 2.75 bits per heavy atom. The van der Waals surface area contributed by atoms with Gasteiger partial charge in [0.1, 0.15) is 0 Å². The summed E-state index contributed by atoms with van der Waals surface area (Å²) < 4.78 is 0. The largest absolute Gasteiger partial charge is 0.310 e. The molecule has 1 aliphatic rings. The van der Waals surface area contributed by atoms with Crippen LogP contribution < -0.4 is 5.32 Å². The number of nitrogens with one attached hydrogen (secondary N) is 1. The zero-order chi connectivity index (χ0) is 8.39. The molecule has 0 spiro atoms. The summed E-state index contributed by atoms with van der Waals surface area (Å²) in [6.07, 6.45) is 2.65. The molecule has 12 heavy (non-hydrogen) atoms. The Bertz CT molecular complexity index is 268. The molecule has 2 rings (SSSR count). The molecule has 1 aromatic rings. The number of hydrogen-bond acceptors (Lipinski definition) is 1. The number of rotatable bonds is 3. The fourth-order valence-corrected chi connectivity index (χ4v) is 1.39. The molecule has 1 N–H and O–H groups in total. The van der Waals surface area contributed by atoms with E-state index in [1.54, 1.807) is 0 Å². The minimum atomic E-state index is 0.751. The predicted molar refractivity (Wildman–Crippen MR) is 51.3 cm³/mol. The Morgan fingerprint density at radius 1 is 1.33 bits per heavy atom. The third kappa shape index (κ3) is 1.99. The molecular weight excluding hydrogens is 170 g/mol. The van der Waals surface area contributed by atoms with Crippen molar-refractivity contribution < 1.29 is 0 Å². The van der Waals surface area contributed by atoms with Crippen LogP contribution >= 0.6 is 11.6 Å². The van der Waals surface area contributed by atoms with Gasteiger partial charge in [-0.05, 0) is 24.5 Å². The van der Waals surface area contributed by atoms with E-state index in [2.05, 4.69) is 11.4 Å². The lowest BCUT2D eigenvalue weighted by atomic mass is 10.2. The van der Waals surface area contributed by atoms with Gasteiger partial charge < -0.3 is 5.32 Å². The zero-order valence-electron chi connectivity index (χ0n) is 6.89.